The molecule has 0 spiro atoms. The van der Waals surface area contributed by atoms with Gasteiger partial charge in [0.25, 0.3) is 0 Å². The van der Waals surface area contributed by atoms with Gasteiger partial charge in [0.2, 0.25) is 0 Å². The average Bonchev–Trinajstić information content (AvgIpc) is 2.33. The number of benzene rings is 2. The van der Waals surface area contributed by atoms with Crippen LogP contribution in [0.4, 0.5) is 0 Å². The van der Waals surface area contributed by atoms with Crippen molar-refractivity contribution in [3.63, 3.8) is 0 Å². The molecule has 100 valence electrons. The van der Waals surface area contributed by atoms with Crippen LogP contribution in [0.1, 0.15) is 28.3 Å². The summed E-state index contributed by atoms with van der Waals surface area (Å²) >= 11 is 7.04. The van der Waals surface area contributed by atoms with Gasteiger partial charge in [0, 0.05) is 15.0 Å². The van der Waals surface area contributed by atoms with Crippen LogP contribution in [0.3, 0.4) is 0 Å². The lowest BCUT2D eigenvalue weighted by Crippen LogP contribution is -2.14. The molecule has 2 aromatic carbocycles. The van der Waals surface area contributed by atoms with Crippen LogP contribution in [0.2, 0.25) is 0 Å². The first-order valence-corrected chi connectivity index (χ1v) is 7.82. The molecule has 0 saturated heterocycles. The zero-order valence-corrected chi connectivity index (χ0v) is 14.3. The van der Waals surface area contributed by atoms with Crippen molar-refractivity contribution in [2.24, 2.45) is 5.73 Å². The van der Waals surface area contributed by atoms with E-state index in [-0.39, 0.29) is 6.04 Å². The molecule has 0 bridgehead atoms. The molecule has 0 aromatic heterocycles. The first-order chi connectivity index (χ1) is 8.97. The second kappa shape index (κ2) is 6.21. The quantitative estimate of drug-likeness (QED) is 0.787. The molecule has 0 aliphatic heterocycles. The van der Waals surface area contributed by atoms with Crippen molar-refractivity contribution in [1.82, 2.24) is 0 Å². The van der Waals surface area contributed by atoms with Crippen LogP contribution in [0, 0.1) is 13.8 Å². The van der Waals surface area contributed by atoms with E-state index in [1.807, 2.05) is 12.1 Å². The Morgan fingerprint density at radius 3 is 2.37 bits per heavy atom. The largest absolute Gasteiger partial charge is 0.324 e. The van der Waals surface area contributed by atoms with E-state index in [0.717, 1.165) is 20.9 Å². The normalized spacial score (nSPS) is 12.5. The van der Waals surface area contributed by atoms with E-state index in [0.29, 0.717) is 0 Å². The second-order valence-electron chi connectivity index (χ2n) is 4.90. The number of rotatable bonds is 3. The summed E-state index contributed by atoms with van der Waals surface area (Å²) in [6.07, 6.45) is 0.849. The third kappa shape index (κ3) is 3.68. The molecular weight excluding hydrogens is 366 g/mol. The topological polar surface area (TPSA) is 26.0 Å². The van der Waals surface area contributed by atoms with Crippen molar-refractivity contribution in [2.75, 3.05) is 0 Å². The molecule has 2 N–H and O–H groups in total. The molecule has 0 fully saturated rings. The lowest BCUT2D eigenvalue weighted by atomic mass is 9.97. The van der Waals surface area contributed by atoms with E-state index in [2.05, 4.69) is 70.0 Å². The molecule has 1 atom stereocenters. The predicted molar refractivity (Wildman–Crippen MR) is 88.4 cm³/mol. The number of hydrogen-bond donors (Lipinski definition) is 1. The summed E-state index contributed by atoms with van der Waals surface area (Å²) in [6.45, 7) is 4.27. The van der Waals surface area contributed by atoms with Crippen molar-refractivity contribution >= 4 is 31.9 Å². The first-order valence-electron chi connectivity index (χ1n) is 6.24. The van der Waals surface area contributed by atoms with Crippen molar-refractivity contribution in [2.45, 2.75) is 26.3 Å². The highest BCUT2D eigenvalue weighted by Gasteiger charge is 2.11. The maximum Gasteiger partial charge on any atom is 0.0347 e. The van der Waals surface area contributed by atoms with Gasteiger partial charge in [-0.15, -0.1) is 0 Å². The summed E-state index contributed by atoms with van der Waals surface area (Å²) in [5.74, 6) is 0. The number of aryl methyl sites for hydroxylation is 2. The van der Waals surface area contributed by atoms with E-state index in [4.69, 9.17) is 5.73 Å². The summed E-state index contributed by atoms with van der Waals surface area (Å²) in [7, 11) is 0. The molecule has 2 rings (SSSR count). The SMILES string of the molecule is Cc1ccc(CC(N)c2ccc(Br)cc2Br)cc1C. The third-order valence-corrected chi connectivity index (χ3v) is 4.57. The fraction of sp³-hybridized carbons (Fsp3) is 0.250. The van der Waals surface area contributed by atoms with Crippen LogP contribution < -0.4 is 5.73 Å². The zero-order valence-electron chi connectivity index (χ0n) is 11.1. The first kappa shape index (κ1) is 14.8. The predicted octanol–water partition coefficient (Wildman–Crippen LogP) is 5.07. The molecule has 3 heteroatoms. The standard InChI is InChI=1S/C16H17Br2N/c1-10-3-4-12(7-11(10)2)8-16(19)14-6-5-13(17)9-15(14)18/h3-7,9,16H,8,19H2,1-2H3. The molecule has 2 aromatic rings. The van der Waals surface area contributed by atoms with Crippen molar-refractivity contribution in [1.29, 1.82) is 0 Å². The van der Waals surface area contributed by atoms with Crippen LogP contribution in [-0.4, -0.2) is 0 Å². The summed E-state index contributed by atoms with van der Waals surface area (Å²) in [4.78, 5) is 0. The van der Waals surface area contributed by atoms with Gasteiger partial charge in [-0.2, -0.15) is 0 Å². The van der Waals surface area contributed by atoms with Gasteiger partial charge in [-0.1, -0.05) is 56.1 Å². The van der Waals surface area contributed by atoms with E-state index >= 15 is 0 Å². The Hall–Kier alpha value is -0.640. The Balaban J connectivity index is 2.20. The van der Waals surface area contributed by atoms with Gasteiger partial charge in [-0.25, -0.2) is 0 Å². The Morgan fingerprint density at radius 1 is 1.00 bits per heavy atom. The summed E-state index contributed by atoms with van der Waals surface area (Å²) in [6, 6.07) is 12.7. The molecule has 0 aliphatic carbocycles. The minimum absolute atomic E-state index is 0.00424. The summed E-state index contributed by atoms with van der Waals surface area (Å²) < 4.78 is 2.11. The average molecular weight is 383 g/mol. The monoisotopic (exact) mass is 381 g/mol. The molecule has 1 unspecified atom stereocenters. The van der Waals surface area contributed by atoms with Crippen molar-refractivity contribution in [3.8, 4) is 0 Å². The smallest absolute Gasteiger partial charge is 0.0347 e. The molecule has 0 saturated carbocycles. The summed E-state index contributed by atoms with van der Waals surface area (Å²) in [5, 5.41) is 0. The van der Waals surface area contributed by atoms with Crippen LogP contribution in [0.25, 0.3) is 0 Å². The van der Waals surface area contributed by atoms with Crippen LogP contribution in [-0.2, 0) is 6.42 Å². The maximum atomic E-state index is 6.32. The van der Waals surface area contributed by atoms with Gasteiger partial charge in [0.05, 0.1) is 0 Å². The molecule has 0 amide bonds. The molecule has 0 radical (unpaired) electrons. The van der Waals surface area contributed by atoms with Gasteiger partial charge in [0.1, 0.15) is 0 Å². The summed E-state index contributed by atoms with van der Waals surface area (Å²) in [5.41, 5.74) is 11.4. The number of hydrogen-bond acceptors (Lipinski definition) is 1. The van der Waals surface area contributed by atoms with E-state index in [1.54, 1.807) is 0 Å². The van der Waals surface area contributed by atoms with Crippen molar-refractivity contribution < 1.29 is 0 Å². The lowest BCUT2D eigenvalue weighted by molar-refractivity contribution is 0.717. The van der Waals surface area contributed by atoms with Crippen LogP contribution >= 0.6 is 31.9 Å². The van der Waals surface area contributed by atoms with Gasteiger partial charge in [-0.3, -0.25) is 0 Å². The zero-order chi connectivity index (χ0) is 14.0. The molecule has 0 aliphatic rings. The Kier molecular flexibility index (Phi) is 4.82. The fourth-order valence-corrected chi connectivity index (χ4v) is 3.44. The van der Waals surface area contributed by atoms with E-state index < -0.39 is 0 Å². The fourth-order valence-electron chi connectivity index (χ4n) is 2.10. The molecule has 19 heavy (non-hydrogen) atoms. The van der Waals surface area contributed by atoms with Gasteiger partial charge in [0.15, 0.2) is 0 Å². The minimum Gasteiger partial charge on any atom is -0.324 e. The van der Waals surface area contributed by atoms with Gasteiger partial charge in [-0.05, 0) is 54.7 Å². The van der Waals surface area contributed by atoms with E-state index in [9.17, 15) is 0 Å². The van der Waals surface area contributed by atoms with Gasteiger partial charge < -0.3 is 5.73 Å². The van der Waals surface area contributed by atoms with E-state index in [1.165, 1.54) is 16.7 Å². The van der Waals surface area contributed by atoms with Crippen LogP contribution in [0.15, 0.2) is 45.3 Å². The molecular formula is C16H17Br2N. The Bertz CT molecular complexity index is 593. The lowest BCUT2D eigenvalue weighted by Gasteiger charge is -2.15. The Labute approximate surface area is 131 Å². The highest BCUT2D eigenvalue weighted by Crippen LogP contribution is 2.28. The second-order valence-corrected chi connectivity index (χ2v) is 6.67. The highest BCUT2D eigenvalue weighted by molar-refractivity contribution is 9.11. The maximum absolute atomic E-state index is 6.32. The van der Waals surface area contributed by atoms with Crippen LogP contribution in [0.5, 0.6) is 0 Å². The number of nitrogens with two attached hydrogens (primary N) is 1. The highest BCUT2D eigenvalue weighted by atomic mass is 79.9. The Morgan fingerprint density at radius 2 is 1.74 bits per heavy atom. The minimum atomic E-state index is 0.00424. The molecule has 0 heterocycles. The van der Waals surface area contributed by atoms with Gasteiger partial charge >= 0.3 is 0 Å². The third-order valence-electron chi connectivity index (χ3n) is 3.39. The number of halogens is 2. The van der Waals surface area contributed by atoms with Crippen molar-refractivity contribution in [3.05, 3.63) is 67.6 Å². The molecule has 1 nitrogen and oxygen atoms in total.